The number of carbonyl (C=O) groups excluding carboxylic acids is 3. The zero-order valence-electron chi connectivity index (χ0n) is 20.4. The van der Waals surface area contributed by atoms with Crippen molar-refractivity contribution in [3.63, 3.8) is 0 Å². The van der Waals surface area contributed by atoms with Crippen molar-refractivity contribution in [1.29, 1.82) is 0 Å². The lowest BCUT2D eigenvalue weighted by Gasteiger charge is -2.32. The third-order valence-electron chi connectivity index (χ3n) is 7.00. The van der Waals surface area contributed by atoms with Crippen molar-refractivity contribution in [2.45, 2.75) is 69.3 Å². The zero-order valence-corrected chi connectivity index (χ0v) is 21.2. The van der Waals surface area contributed by atoms with Crippen LogP contribution in [0, 0.1) is 5.92 Å². The van der Waals surface area contributed by atoms with Gasteiger partial charge in [-0.3, -0.25) is 14.4 Å². The van der Waals surface area contributed by atoms with Gasteiger partial charge in [0.05, 0.1) is 6.04 Å². The van der Waals surface area contributed by atoms with E-state index in [2.05, 4.69) is 10.6 Å². The molecular formula is C27H33N3O3S. The van der Waals surface area contributed by atoms with E-state index in [0.717, 1.165) is 17.5 Å². The van der Waals surface area contributed by atoms with Crippen molar-refractivity contribution in [3.05, 3.63) is 71.3 Å². The normalized spacial score (nSPS) is 23.0. The largest absolute Gasteiger partial charge is 0.348 e. The van der Waals surface area contributed by atoms with Crippen LogP contribution >= 0.6 is 11.8 Å². The standard InChI is InChI=1S/C27H33N3O3S/c1-6-16(2)21(23(31)28-17(3)18-12-8-7-9-13-18)29-24(32)22-27(4,5)34-26-20-15-11-10-14-19(20)25(33)30(22)26/h7-17,21-22,26H,6H2,1-5H3,(H,28,31)(H,29,32)/t16-,17-,21+,22+,26-/m1/s1. The van der Waals surface area contributed by atoms with Gasteiger partial charge < -0.3 is 15.5 Å². The molecule has 7 heteroatoms. The summed E-state index contributed by atoms with van der Waals surface area (Å²) in [6.07, 6.45) is 0.734. The molecule has 0 spiro atoms. The van der Waals surface area contributed by atoms with Crippen molar-refractivity contribution in [2.24, 2.45) is 5.92 Å². The van der Waals surface area contributed by atoms with Crippen LogP contribution in [0.1, 0.15) is 73.9 Å². The van der Waals surface area contributed by atoms with E-state index in [-0.39, 0.29) is 35.1 Å². The van der Waals surface area contributed by atoms with Crippen LogP contribution in [0.5, 0.6) is 0 Å². The van der Waals surface area contributed by atoms with Crippen molar-refractivity contribution < 1.29 is 14.4 Å². The fourth-order valence-corrected chi connectivity index (χ4v) is 6.46. The first-order chi connectivity index (χ1) is 16.2. The molecule has 6 nitrogen and oxygen atoms in total. The zero-order chi connectivity index (χ0) is 24.6. The van der Waals surface area contributed by atoms with Crippen LogP contribution in [0.2, 0.25) is 0 Å². The fourth-order valence-electron chi connectivity index (χ4n) is 4.87. The van der Waals surface area contributed by atoms with Gasteiger partial charge in [-0.1, -0.05) is 68.8 Å². The van der Waals surface area contributed by atoms with E-state index in [4.69, 9.17) is 0 Å². The van der Waals surface area contributed by atoms with E-state index < -0.39 is 16.8 Å². The van der Waals surface area contributed by atoms with Crippen molar-refractivity contribution >= 4 is 29.5 Å². The molecule has 2 aromatic carbocycles. The fraction of sp³-hybridized carbons (Fsp3) is 0.444. The van der Waals surface area contributed by atoms with Gasteiger partial charge in [-0.2, -0.15) is 0 Å². The van der Waals surface area contributed by atoms with Gasteiger partial charge in [0.2, 0.25) is 11.8 Å². The maximum absolute atomic E-state index is 13.7. The number of hydrogen-bond donors (Lipinski definition) is 2. The first-order valence-electron chi connectivity index (χ1n) is 11.9. The monoisotopic (exact) mass is 479 g/mol. The quantitative estimate of drug-likeness (QED) is 0.615. The number of fused-ring (bicyclic) bond motifs is 3. The molecule has 5 atom stereocenters. The summed E-state index contributed by atoms with van der Waals surface area (Å²) in [5.74, 6) is -0.684. The Bertz CT molecular complexity index is 1090. The highest BCUT2D eigenvalue weighted by Gasteiger charge is 2.57. The Morgan fingerprint density at radius 3 is 2.35 bits per heavy atom. The summed E-state index contributed by atoms with van der Waals surface area (Å²) in [6, 6.07) is 15.8. The molecule has 2 N–H and O–H groups in total. The van der Waals surface area contributed by atoms with Crippen LogP contribution in [0.3, 0.4) is 0 Å². The van der Waals surface area contributed by atoms with E-state index in [1.165, 1.54) is 0 Å². The molecule has 0 unspecified atom stereocenters. The minimum absolute atomic E-state index is 0.0636. The Morgan fingerprint density at radius 1 is 1.03 bits per heavy atom. The third kappa shape index (κ3) is 4.33. The molecule has 3 amide bonds. The number of thioether (sulfide) groups is 1. The molecule has 0 radical (unpaired) electrons. The number of carbonyl (C=O) groups is 3. The number of nitrogens with zero attached hydrogens (tertiary/aromatic N) is 1. The lowest BCUT2D eigenvalue weighted by molar-refractivity contribution is -0.133. The molecule has 0 bridgehead atoms. The molecule has 4 rings (SSSR count). The molecule has 2 aliphatic rings. The lowest BCUT2D eigenvalue weighted by atomic mass is 9.95. The van der Waals surface area contributed by atoms with Crippen molar-refractivity contribution in [3.8, 4) is 0 Å². The molecule has 1 saturated heterocycles. The molecule has 2 aliphatic heterocycles. The molecule has 180 valence electrons. The maximum atomic E-state index is 13.7. The summed E-state index contributed by atoms with van der Waals surface area (Å²) in [4.78, 5) is 41.9. The van der Waals surface area contributed by atoms with Crippen LogP contribution in [0.25, 0.3) is 0 Å². The molecule has 2 heterocycles. The minimum atomic E-state index is -0.691. The first kappa shape index (κ1) is 24.3. The summed E-state index contributed by atoms with van der Waals surface area (Å²) in [7, 11) is 0. The third-order valence-corrected chi connectivity index (χ3v) is 8.53. The highest BCUT2D eigenvalue weighted by Crippen LogP contribution is 2.56. The average Bonchev–Trinajstić information content (AvgIpc) is 3.26. The minimum Gasteiger partial charge on any atom is -0.348 e. The summed E-state index contributed by atoms with van der Waals surface area (Å²) in [5.41, 5.74) is 2.61. The number of rotatable bonds is 7. The maximum Gasteiger partial charge on any atom is 0.256 e. The van der Waals surface area contributed by atoms with E-state index in [1.807, 2.05) is 89.2 Å². The second-order valence-corrected chi connectivity index (χ2v) is 11.5. The Hall–Kier alpha value is -2.80. The van der Waals surface area contributed by atoms with Gasteiger partial charge in [0.25, 0.3) is 5.91 Å². The predicted octanol–water partition coefficient (Wildman–Crippen LogP) is 4.44. The van der Waals surface area contributed by atoms with Crippen LogP contribution in [-0.2, 0) is 9.59 Å². The van der Waals surface area contributed by atoms with Gasteiger partial charge >= 0.3 is 0 Å². The Balaban J connectivity index is 1.55. The van der Waals surface area contributed by atoms with E-state index >= 15 is 0 Å². The molecule has 0 aliphatic carbocycles. The summed E-state index contributed by atoms with van der Waals surface area (Å²) >= 11 is 1.62. The molecule has 34 heavy (non-hydrogen) atoms. The Labute approximate surface area is 205 Å². The lowest BCUT2D eigenvalue weighted by Crippen LogP contribution is -2.58. The molecule has 0 aromatic heterocycles. The number of nitrogens with one attached hydrogen (secondary N) is 2. The molecule has 2 aromatic rings. The number of benzene rings is 2. The van der Waals surface area contributed by atoms with Crippen LogP contribution < -0.4 is 10.6 Å². The van der Waals surface area contributed by atoms with Gasteiger partial charge in [0.15, 0.2) is 0 Å². The van der Waals surface area contributed by atoms with Gasteiger partial charge in [0.1, 0.15) is 17.5 Å². The Kier molecular flexibility index (Phi) is 6.76. The summed E-state index contributed by atoms with van der Waals surface area (Å²) < 4.78 is -0.494. The van der Waals surface area contributed by atoms with Crippen LogP contribution in [0.4, 0.5) is 0 Å². The Morgan fingerprint density at radius 2 is 1.68 bits per heavy atom. The molecule has 0 saturated carbocycles. The molecular weight excluding hydrogens is 446 g/mol. The van der Waals surface area contributed by atoms with Crippen molar-refractivity contribution in [1.82, 2.24) is 15.5 Å². The topological polar surface area (TPSA) is 78.5 Å². The highest BCUT2D eigenvalue weighted by molar-refractivity contribution is 8.01. The van der Waals surface area contributed by atoms with Crippen molar-refractivity contribution in [2.75, 3.05) is 0 Å². The van der Waals surface area contributed by atoms with E-state index in [1.54, 1.807) is 16.7 Å². The second kappa shape index (κ2) is 9.45. The smallest absolute Gasteiger partial charge is 0.256 e. The van der Waals surface area contributed by atoms with E-state index in [0.29, 0.717) is 5.56 Å². The van der Waals surface area contributed by atoms with E-state index in [9.17, 15) is 14.4 Å². The van der Waals surface area contributed by atoms with Gasteiger partial charge in [-0.25, -0.2) is 0 Å². The van der Waals surface area contributed by atoms with Crippen LogP contribution in [0.15, 0.2) is 54.6 Å². The second-order valence-electron chi connectivity index (χ2n) is 9.79. The van der Waals surface area contributed by atoms with Gasteiger partial charge in [0, 0.05) is 10.3 Å². The highest BCUT2D eigenvalue weighted by atomic mass is 32.2. The molecule has 1 fully saturated rings. The first-order valence-corrected chi connectivity index (χ1v) is 12.8. The van der Waals surface area contributed by atoms with Gasteiger partial charge in [-0.05, 0) is 43.9 Å². The summed E-state index contributed by atoms with van der Waals surface area (Å²) in [6.45, 7) is 9.89. The number of hydrogen-bond acceptors (Lipinski definition) is 4. The predicted molar refractivity (Wildman–Crippen MR) is 135 cm³/mol. The number of amides is 3. The SMILES string of the molecule is CC[C@@H](C)[C@H](NC(=O)[C@@H]1N2C(=O)c3ccccc3[C@H]2SC1(C)C)C(=O)N[C@H](C)c1ccccc1. The summed E-state index contributed by atoms with van der Waals surface area (Å²) in [5, 5.41) is 5.89. The van der Waals surface area contributed by atoms with Crippen LogP contribution in [-0.4, -0.2) is 39.5 Å². The van der Waals surface area contributed by atoms with Gasteiger partial charge in [-0.15, -0.1) is 11.8 Å². The average molecular weight is 480 g/mol.